The molecule has 8 nitrogen and oxygen atoms in total. The van der Waals surface area contributed by atoms with E-state index >= 15 is 0 Å². The number of nitrogens with zero attached hydrogens (tertiary/aromatic N) is 5. The van der Waals surface area contributed by atoms with Crippen molar-refractivity contribution in [1.82, 2.24) is 19.7 Å². The zero-order chi connectivity index (χ0) is 13.3. The Kier molecular flexibility index (Phi) is 3.11. The van der Waals surface area contributed by atoms with Crippen LogP contribution in [0.5, 0.6) is 5.75 Å². The van der Waals surface area contributed by atoms with Crippen molar-refractivity contribution in [3.05, 3.63) is 33.5 Å². The fourth-order valence-corrected chi connectivity index (χ4v) is 1.63. The van der Waals surface area contributed by atoms with Gasteiger partial charge in [-0.2, -0.15) is 10.1 Å². The van der Waals surface area contributed by atoms with Crippen LogP contribution >= 0.6 is 11.6 Å². The summed E-state index contributed by atoms with van der Waals surface area (Å²) in [5.74, 6) is 0.456. The van der Waals surface area contributed by atoms with Gasteiger partial charge in [-0.25, -0.2) is 9.67 Å². The molecule has 0 saturated carbocycles. The van der Waals surface area contributed by atoms with Crippen molar-refractivity contribution < 1.29 is 9.66 Å². The molecule has 0 aromatic carbocycles. The van der Waals surface area contributed by atoms with E-state index in [0.29, 0.717) is 5.75 Å². The highest BCUT2D eigenvalue weighted by molar-refractivity contribution is 6.28. The van der Waals surface area contributed by atoms with Crippen molar-refractivity contribution in [2.24, 2.45) is 0 Å². The normalized spacial score (nSPS) is 10.4. The third kappa shape index (κ3) is 2.09. The molecule has 0 spiro atoms. The summed E-state index contributed by atoms with van der Waals surface area (Å²) in [6.07, 6.45) is 2.88. The van der Waals surface area contributed by atoms with E-state index in [0.717, 1.165) is 0 Å². The fraction of sp³-hybridized carbons (Fsp3) is 0.222. The monoisotopic (exact) mass is 269 g/mol. The van der Waals surface area contributed by atoms with Gasteiger partial charge in [0.05, 0.1) is 24.4 Å². The summed E-state index contributed by atoms with van der Waals surface area (Å²) in [6.45, 7) is 1.48. The lowest BCUT2D eigenvalue weighted by Crippen LogP contribution is -2.07. The van der Waals surface area contributed by atoms with Crippen molar-refractivity contribution in [2.75, 3.05) is 7.11 Å². The van der Waals surface area contributed by atoms with Crippen LogP contribution in [-0.4, -0.2) is 31.8 Å². The predicted octanol–water partition coefficient (Wildman–Crippen LogP) is 1.54. The van der Waals surface area contributed by atoms with Crippen LogP contribution in [0, 0.1) is 17.0 Å². The summed E-state index contributed by atoms with van der Waals surface area (Å²) in [5, 5.41) is 14.9. The number of aryl methyl sites for hydroxylation is 1. The largest absolute Gasteiger partial charge is 0.493 e. The Bertz CT molecular complexity index is 612. The van der Waals surface area contributed by atoms with E-state index in [-0.39, 0.29) is 22.5 Å². The van der Waals surface area contributed by atoms with Crippen LogP contribution in [0.4, 0.5) is 5.69 Å². The smallest absolute Gasteiger partial charge is 0.334 e. The number of aromatic nitrogens is 4. The fourth-order valence-electron chi connectivity index (χ4n) is 1.42. The Morgan fingerprint density at radius 2 is 2.22 bits per heavy atom. The first-order valence-corrected chi connectivity index (χ1v) is 5.18. The second kappa shape index (κ2) is 4.57. The van der Waals surface area contributed by atoms with Crippen LogP contribution in [0.2, 0.25) is 5.28 Å². The lowest BCUT2D eigenvalue weighted by atomic mass is 10.3. The van der Waals surface area contributed by atoms with Crippen LogP contribution < -0.4 is 4.74 Å². The number of hydrogen-bond donors (Lipinski definition) is 0. The van der Waals surface area contributed by atoms with Gasteiger partial charge in [-0.05, 0) is 18.5 Å². The number of rotatable bonds is 3. The summed E-state index contributed by atoms with van der Waals surface area (Å²) >= 11 is 5.70. The van der Waals surface area contributed by atoms with Crippen LogP contribution in [-0.2, 0) is 0 Å². The first-order chi connectivity index (χ1) is 8.52. The average Bonchev–Trinajstić information content (AvgIpc) is 2.75. The maximum atomic E-state index is 11.0. The Morgan fingerprint density at radius 3 is 2.78 bits per heavy atom. The van der Waals surface area contributed by atoms with E-state index in [1.807, 2.05) is 0 Å². The summed E-state index contributed by atoms with van der Waals surface area (Å²) in [4.78, 5) is 18.0. The van der Waals surface area contributed by atoms with Crippen LogP contribution in [0.15, 0.2) is 12.4 Å². The molecule has 0 fully saturated rings. The van der Waals surface area contributed by atoms with Gasteiger partial charge in [-0.3, -0.25) is 10.1 Å². The van der Waals surface area contributed by atoms with Gasteiger partial charge in [0.1, 0.15) is 5.69 Å². The van der Waals surface area contributed by atoms with E-state index in [1.54, 1.807) is 0 Å². The summed E-state index contributed by atoms with van der Waals surface area (Å²) < 4.78 is 6.17. The van der Waals surface area contributed by atoms with E-state index in [2.05, 4.69) is 15.1 Å². The Labute approximate surface area is 106 Å². The molecule has 0 aliphatic rings. The molecule has 0 N–H and O–H groups in total. The number of methoxy groups -OCH3 is 1. The van der Waals surface area contributed by atoms with Gasteiger partial charge in [0, 0.05) is 0 Å². The number of nitro groups is 1. The molecule has 18 heavy (non-hydrogen) atoms. The Balaban J connectivity index is 2.65. The van der Waals surface area contributed by atoms with Crippen LogP contribution in [0.1, 0.15) is 5.69 Å². The van der Waals surface area contributed by atoms with Gasteiger partial charge < -0.3 is 4.74 Å². The summed E-state index contributed by atoms with van der Waals surface area (Å²) in [7, 11) is 1.47. The highest BCUT2D eigenvalue weighted by atomic mass is 35.5. The number of ether oxygens (including phenoxy) is 1. The summed E-state index contributed by atoms with van der Waals surface area (Å²) in [5.41, 5.74) is -0.0744. The summed E-state index contributed by atoms with van der Waals surface area (Å²) in [6, 6.07) is 0. The molecule has 2 aromatic heterocycles. The van der Waals surface area contributed by atoms with Crippen LogP contribution in [0.3, 0.4) is 0 Å². The van der Waals surface area contributed by atoms with E-state index < -0.39 is 4.92 Å². The third-order valence-electron chi connectivity index (χ3n) is 2.21. The zero-order valence-corrected chi connectivity index (χ0v) is 10.2. The molecular weight excluding hydrogens is 262 g/mol. The third-order valence-corrected chi connectivity index (χ3v) is 2.38. The first-order valence-electron chi connectivity index (χ1n) is 4.80. The molecule has 0 aliphatic heterocycles. The quantitative estimate of drug-likeness (QED) is 0.476. The van der Waals surface area contributed by atoms with Crippen molar-refractivity contribution in [3.63, 3.8) is 0 Å². The maximum Gasteiger partial charge on any atom is 0.334 e. The van der Waals surface area contributed by atoms with Crippen molar-refractivity contribution in [1.29, 1.82) is 0 Å². The van der Waals surface area contributed by atoms with Gasteiger partial charge in [0.2, 0.25) is 11.1 Å². The van der Waals surface area contributed by atoms with Gasteiger partial charge >= 0.3 is 5.69 Å². The first kappa shape index (κ1) is 12.2. The molecule has 0 amide bonds. The van der Waals surface area contributed by atoms with E-state index in [1.165, 1.54) is 31.1 Å². The van der Waals surface area contributed by atoms with E-state index in [4.69, 9.17) is 16.3 Å². The molecule has 0 saturated heterocycles. The molecule has 0 bridgehead atoms. The molecule has 0 radical (unpaired) electrons. The SMILES string of the molecule is COc1cnn(-c2nc(Cl)nc(C)c2[N+](=O)[O-])c1. The van der Waals surface area contributed by atoms with Gasteiger partial charge in [0.15, 0.2) is 5.75 Å². The molecule has 94 valence electrons. The molecule has 0 aliphatic carbocycles. The zero-order valence-electron chi connectivity index (χ0n) is 9.49. The minimum absolute atomic E-state index is 0.000741. The number of halogens is 1. The van der Waals surface area contributed by atoms with Crippen molar-refractivity contribution in [3.8, 4) is 11.6 Å². The standard InChI is InChI=1S/C9H8ClN5O3/c1-5-7(15(16)17)8(13-9(10)12-5)14-4-6(18-2)3-11-14/h3-4H,1-2H3. The van der Waals surface area contributed by atoms with Gasteiger partial charge in [0.25, 0.3) is 0 Å². The second-order valence-corrected chi connectivity index (χ2v) is 3.67. The minimum Gasteiger partial charge on any atom is -0.493 e. The Morgan fingerprint density at radius 1 is 1.50 bits per heavy atom. The Hall–Kier alpha value is -2.22. The molecular formula is C9H8ClN5O3. The lowest BCUT2D eigenvalue weighted by Gasteiger charge is -2.04. The highest BCUT2D eigenvalue weighted by Crippen LogP contribution is 2.25. The predicted molar refractivity (Wildman–Crippen MR) is 62.1 cm³/mol. The average molecular weight is 270 g/mol. The molecule has 9 heteroatoms. The molecule has 0 unspecified atom stereocenters. The number of hydrogen-bond acceptors (Lipinski definition) is 6. The van der Waals surface area contributed by atoms with E-state index in [9.17, 15) is 10.1 Å². The lowest BCUT2D eigenvalue weighted by molar-refractivity contribution is -0.385. The van der Waals surface area contributed by atoms with Crippen molar-refractivity contribution in [2.45, 2.75) is 6.92 Å². The maximum absolute atomic E-state index is 11.0. The van der Waals surface area contributed by atoms with Gasteiger partial charge in [-0.15, -0.1) is 0 Å². The highest BCUT2D eigenvalue weighted by Gasteiger charge is 2.23. The van der Waals surface area contributed by atoms with Gasteiger partial charge in [-0.1, -0.05) is 0 Å². The topological polar surface area (TPSA) is 96.0 Å². The minimum atomic E-state index is -0.574. The second-order valence-electron chi connectivity index (χ2n) is 3.33. The van der Waals surface area contributed by atoms with Crippen molar-refractivity contribution >= 4 is 17.3 Å². The molecule has 2 heterocycles. The molecule has 0 atom stereocenters. The van der Waals surface area contributed by atoms with Crippen LogP contribution in [0.25, 0.3) is 5.82 Å². The molecule has 2 aromatic rings. The molecule has 2 rings (SSSR count).